The molecule has 1 aromatic rings. The van der Waals surface area contributed by atoms with Crippen molar-refractivity contribution in [2.45, 2.75) is 11.8 Å². The number of halogens is 2. The van der Waals surface area contributed by atoms with Crippen molar-refractivity contribution < 1.29 is 22.7 Å². The quantitative estimate of drug-likeness (QED) is 0.887. The minimum absolute atomic E-state index is 0.0561. The molecule has 8 heteroatoms. The minimum Gasteiger partial charge on any atom is -0.481 e. The molecule has 110 valence electrons. The molecule has 0 bridgehead atoms. The molecule has 0 saturated carbocycles. The van der Waals surface area contributed by atoms with Crippen LogP contribution < -0.4 is 0 Å². The van der Waals surface area contributed by atoms with E-state index in [1.54, 1.807) is 6.92 Å². The van der Waals surface area contributed by atoms with Crippen LogP contribution in [0.1, 0.15) is 6.92 Å². The van der Waals surface area contributed by atoms with Crippen LogP contribution in [0.4, 0.5) is 4.39 Å². The van der Waals surface area contributed by atoms with Gasteiger partial charge in [0, 0.05) is 13.1 Å². The van der Waals surface area contributed by atoms with Crippen molar-refractivity contribution in [2.75, 3.05) is 13.1 Å². The molecule has 1 N–H and O–H groups in total. The summed E-state index contributed by atoms with van der Waals surface area (Å²) in [7, 11) is -4.03. The predicted octanol–water partition coefficient (Wildman–Crippen LogP) is 1.93. The molecule has 1 heterocycles. The van der Waals surface area contributed by atoms with Crippen LogP contribution in [0.2, 0.25) is 0 Å². The Kier molecular flexibility index (Phi) is 4.17. The fourth-order valence-corrected chi connectivity index (χ4v) is 4.41. The second-order valence-corrected chi connectivity index (χ2v) is 7.56. The number of rotatable bonds is 3. The normalized spacial score (nSPS) is 23.9. The van der Waals surface area contributed by atoms with E-state index in [1.165, 1.54) is 18.2 Å². The Balaban J connectivity index is 2.38. The van der Waals surface area contributed by atoms with E-state index in [2.05, 4.69) is 15.9 Å². The van der Waals surface area contributed by atoms with Gasteiger partial charge in [-0.1, -0.05) is 13.0 Å². The zero-order valence-corrected chi connectivity index (χ0v) is 13.0. The third kappa shape index (κ3) is 2.59. The first kappa shape index (κ1) is 15.4. The molecule has 1 aromatic carbocycles. The van der Waals surface area contributed by atoms with Gasteiger partial charge >= 0.3 is 5.97 Å². The lowest BCUT2D eigenvalue weighted by Crippen LogP contribution is -2.30. The van der Waals surface area contributed by atoms with Crippen molar-refractivity contribution in [3.8, 4) is 0 Å². The molecule has 0 aliphatic carbocycles. The summed E-state index contributed by atoms with van der Waals surface area (Å²) >= 11 is 2.94. The zero-order valence-electron chi connectivity index (χ0n) is 10.6. The number of nitrogens with zero attached hydrogens (tertiary/aromatic N) is 1. The highest BCUT2D eigenvalue weighted by molar-refractivity contribution is 9.10. The Morgan fingerprint density at radius 3 is 2.65 bits per heavy atom. The summed E-state index contributed by atoms with van der Waals surface area (Å²) in [6.07, 6.45) is 0. The van der Waals surface area contributed by atoms with E-state index in [4.69, 9.17) is 5.11 Å². The number of sulfonamides is 1. The number of carboxylic acid groups (broad SMARTS) is 1. The van der Waals surface area contributed by atoms with Crippen LogP contribution in [0, 0.1) is 17.7 Å². The lowest BCUT2D eigenvalue weighted by molar-refractivity contribution is -0.142. The lowest BCUT2D eigenvalue weighted by Gasteiger charge is -2.16. The van der Waals surface area contributed by atoms with Crippen molar-refractivity contribution in [1.29, 1.82) is 0 Å². The summed E-state index contributed by atoms with van der Waals surface area (Å²) in [5.41, 5.74) is 0. The number of hydrogen-bond acceptors (Lipinski definition) is 3. The van der Waals surface area contributed by atoms with E-state index in [0.717, 1.165) is 4.31 Å². The average molecular weight is 366 g/mol. The van der Waals surface area contributed by atoms with Gasteiger partial charge in [-0.3, -0.25) is 4.79 Å². The molecule has 1 fully saturated rings. The van der Waals surface area contributed by atoms with Gasteiger partial charge in [0.1, 0.15) is 4.90 Å². The van der Waals surface area contributed by atoms with Crippen molar-refractivity contribution in [3.05, 3.63) is 28.5 Å². The van der Waals surface area contributed by atoms with E-state index in [0.29, 0.717) is 0 Å². The number of carboxylic acids is 1. The molecule has 1 aliphatic heterocycles. The van der Waals surface area contributed by atoms with E-state index >= 15 is 0 Å². The Morgan fingerprint density at radius 1 is 1.45 bits per heavy atom. The molecule has 2 atom stereocenters. The third-order valence-electron chi connectivity index (χ3n) is 3.43. The van der Waals surface area contributed by atoms with Gasteiger partial charge in [-0.05, 0) is 34.0 Å². The SMILES string of the molecule is C[C@@H]1CN(S(=O)(=O)c2cccc(Br)c2F)C[C@H]1C(=O)O. The van der Waals surface area contributed by atoms with Gasteiger partial charge in [0.15, 0.2) is 5.82 Å². The maximum absolute atomic E-state index is 13.9. The number of aliphatic carboxylic acids is 1. The Hall–Kier alpha value is -0.990. The van der Waals surface area contributed by atoms with Crippen molar-refractivity contribution in [2.24, 2.45) is 11.8 Å². The molecule has 0 spiro atoms. The first-order valence-electron chi connectivity index (χ1n) is 5.92. The maximum Gasteiger partial charge on any atom is 0.308 e. The molecule has 2 rings (SSSR count). The second kappa shape index (κ2) is 5.42. The van der Waals surface area contributed by atoms with Gasteiger partial charge in [-0.25, -0.2) is 12.8 Å². The second-order valence-electron chi connectivity index (χ2n) is 4.80. The molecular formula is C12H13BrFNO4S. The minimum atomic E-state index is -4.03. The van der Waals surface area contributed by atoms with Crippen molar-refractivity contribution in [3.63, 3.8) is 0 Å². The first-order chi connectivity index (χ1) is 9.25. The first-order valence-corrected chi connectivity index (χ1v) is 8.15. The van der Waals surface area contributed by atoms with Crippen LogP contribution in [0.25, 0.3) is 0 Å². The molecule has 1 saturated heterocycles. The van der Waals surface area contributed by atoms with E-state index < -0.39 is 32.6 Å². The highest BCUT2D eigenvalue weighted by Crippen LogP contribution is 2.31. The van der Waals surface area contributed by atoms with Crippen LogP contribution in [0.5, 0.6) is 0 Å². The highest BCUT2D eigenvalue weighted by Gasteiger charge is 2.41. The summed E-state index contributed by atoms with van der Waals surface area (Å²) in [5, 5.41) is 9.03. The number of benzene rings is 1. The van der Waals surface area contributed by atoms with Crippen LogP contribution in [0.3, 0.4) is 0 Å². The fourth-order valence-electron chi connectivity index (χ4n) is 2.26. The van der Waals surface area contributed by atoms with E-state index in [1.807, 2.05) is 0 Å². The van der Waals surface area contributed by atoms with Crippen LogP contribution in [0.15, 0.2) is 27.6 Å². The van der Waals surface area contributed by atoms with E-state index in [9.17, 15) is 17.6 Å². The van der Waals surface area contributed by atoms with E-state index in [-0.39, 0.29) is 23.5 Å². The Labute approximate surface area is 124 Å². The number of carbonyl (C=O) groups is 1. The Bertz CT molecular complexity index is 649. The molecule has 1 aliphatic rings. The van der Waals surface area contributed by atoms with Gasteiger partial charge in [-0.15, -0.1) is 0 Å². The molecule has 0 radical (unpaired) electrons. The predicted molar refractivity (Wildman–Crippen MR) is 73.1 cm³/mol. The zero-order chi connectivity index (χ0) is 15.1. The van der Waals surface area contributed by atoms with Gasteiger partial charge < -0.3 is 5.11 Å². The molecule has 5 nitrogen and oxygen atoms in total. The highest BCUT2D eigenvalue weighted by atomic mass is 79.9. The Morgan fingerprint density at radius 2 is 2.10 bits per heavy atom. The summed E-state index contributed by atoms with van der Waals surface area (Å²) < 4.78 is 39.8. The summed E-state index contributed by atoms with van der Waals surface area (Å²) in [6.45, 7) is 1.61. The molecular weight excluding hydrogens is 353 g/mol. The van der Waals surface area contributed by atoms with Crippen LogP contribution >= 0.6 is 15.9 Å². The molecule has 20 heavy (non-hydrogen) atoms. The summed E-state index contributed by atoms with van der Waals surface area (Å²) in [4.78, 5) is 10.6. The van der Waals surface area contributed by atoms with Gasteiger partial charge in [0.2, 0.25) is 10.0 Å². The topological polar surface area (TPSA) is 74.7 Å². The molecule has 0 unspecified atom stereocenters. The van der Waals surface area contributed by atoms with Gasteiger partial charge in [-0.2, -0.15) is 4.31 Å². The monoisotopic (exact) mass is 365 g/mol. The summed E-state index contributed by atoms with van der Waals surface area (Å²) in [6, 6.07) is 4.00. The average Bonchev–Trinajstić information content (AvgIpc) is 2.75. The van der Waals surface area contributed by atoms with Crippen molar-refractivity contribution >= 4 is 31.9 Å². The van der Waals surface area contributed by atoms with Crippen LogP contribution in [-0.4, -0.2) is 36.9 Å². The third-order valence-corrected chi connectivity index (χ3v) is 5.89. The maximum atomic E-state index is 13.9. The van der Waals surface area contributed by atoms with Crippen LogP contribution in [-0.2, 0) is 14.8 Å². The van der Waals surface area contributed by atoms with Crippen molar-refractivity contribution in [1.82, 2.24) is 4.31 Å². The fraction of sp³-hybridized carbons (Fsp3) is 0.417. The van der Waals surface area contributed by atoms with Gasteiger partial charge in [0.25, 0.3) is 0 Å². The molecule has 0 aromatic heterocycles. The number of hydrogen-bond donors (Lipinski definition) is 1. The smallest absolute Gasteiger partial charge is 0.308 e. The largest absolute Gasteiger partial charge is 0.481 e. The molecule has 0 amide bonds. The standard InChI is InChI=1S/C12H13BrFNO4S/c1-7-5-15(6-8(7)12(16)17)20(18,19)10-4-2-3-9(13)11(10)14/h2-4,7-8H,5-6H2,1H3,(H,16,17)/t7-,8-/m1/s1. The summed E-state index contributed by atoms with van der Waals surface area (Å²) in [5.74, 6) is -2.97. The van der Waals surface area contributed by atoms with Gasteiger partial charge in [0.05, 0.1) is 10.4 Å². The lowest BCUT2D eigenvalue weighted by atomic mass is 9.99.